The Bertz CT molecular complexity index is 679. The predicted octanol–water partition coefficient (Wildman–Crippen LogP) is 3.00. The lowest BCUT2D eigenvalue weighted by molar-refractivity contribution is 0.593. The lowest BCUT2D eigenvalue weighted by Crippen LogP contribution is -2.02. The van der Waals surface area contributed by atoms with Gasteiger partial charge in [0.1, 0.15) is 0 Å². The molecule has 5 nitrogen and oxygen atoms in total. The van der Waals surface area contributed by atoms with Crippen molar-refractivity contribution in [2.24, 2.45) is 7.05 Å². The quantitative estimate of drug-likeness (QED) is 0.700. The maximum absolute atomic E-state index is 11.2. The van der Waals surface area contributed by atoms with Crippen molar-refractivity contribution in [3.8, 4) is 11.4 Å². The third kappa shape index (κ3) is 2.58. The van der Waals surface area contributed by atoms with Gasteiger partial charge in [-0.25, -0.2) is 8.42 Å². The van der Waals surface area contributed by atoms with Gasteiger partial charge in [0.05, 0.1) is 7.57 Å². The van der Waals surface area contributed by atoms with Gasteiger partial charge in [0.15, 0.2) is 5.82 Å². The Labute approximate surface area is 122 Å². The molecular formula is C7H4Br2ClN3O2S2. The molecule has 0 amide bonds. The van der Waals surface area contributed by atoms with Gasteiger partial charge < -0.3 is 0 Å². The van der Waals surface area contributed by atoms with E-state index in [-0.39, 0.29) is 5.16 Å². The number of halogens is 3. The molecule has 0 aliphatic carbocycles. The minimum Gasteiger partial charge on any atom is -0.300 e. The topological polar surface area (TPSA) is 64.8 Å². The molecule has 0 spiro atoms. The second-order valence-corrected chi connectivity index (χ2v) is 9.25. The van der Waals surface area contributed by atoms with Crippen molar-refractivity contribution in [1.29, 1.82) is 0 Å². The molecule has 0 unspecified atom stereocenters. The van der Waals surface area contributed by atoms with E-state index >= 15 is 0 Å². The first-order valence-corrected chi connectivity index (χ1v) is 8.81. The van der Waals surface area contributed by atoms with E-state index in [0.717, 1.165) is 13.1 Å². The van der Waals surface area contributed by atoms with Gasteiger partial charge in [-0.15, -0.1) is 21.5 Å². The molecule has 0 atom stereocenters. The maximum Gasteiger partial charge on any atom is 0.296 e. The molecule has 10 heteroatoms. The summed E-state index contributed by atoms with van der Waals surface area (Å²) in [6, 6.07) is 1.82. The van der Waals surface area contributed by atoms with E-state index in [2.05, 4.69) is 42.1 Å². The van der Waals surface area contributed by atoms with Gasteiger partial charge in [-0.05, 0) is 37.9 Å². The first kappa shape index (κ1) is 13.5. The van der Waals surface area contributed by atoms with Crippen LogP contribution in [0, 0.1) is 0 Å². The van der Waals surface area contributed by atoms with Crippen LogP contribution in [0.15, 0.2) is 18.8 Å². The van der Waals surface area contributed by atoms with Crippen molar-refractivity contribution in [1.82, 2.24) is 14.8 Å². The van der Waals surface area contributed by atoms with Crippen LogP contribution in [0.2, 0.25) is 0 Å². The number of nitrogens with zero attached hydrogens (tertiary/aromatic N) is 3. The van der Waals surface area contributed by atoms with E-state index in [0.29, 0.717) is 5.82 Å². The van der Waals surface area contributed by atoms with Gasteiger partial charge in [0, 0.05) is 23.3 Å². The smallest absolute Gasteiger partial charge is 0.296 e. The second kappa shape index (κ2) is 4.61. The van der Waals surface area contributed by atoms with Crippen LogP contribution in [0.25, 0.3) is 11.4 Å². The lowest BCUT2D eigenvalue weighted by atomic mass is 10.3. The summed E-state index contributed by atoms with van der Waals surface area (Å²) < 4.78 is 25.5. The van der Waals surface area contributed by atoms with E-state index in [1.54, 1.807) is 7.05 Å². The molecule has 0 bridgehead atoms. The van der Waals surface area contributed by atoms with Crippen LogP contribution < -0.4 is 0 Å². The van der Waals surface area contributed by atoms with Gasteiger partial charge in [-0.1, -0.05) is 0 Å². The Kier molecular flexibility index (Phi) is 3.66. The van der Waals surface area contributed by atoms with Crippen LogP contribution in [0.4, 0.5) is 0 Å². The van der Waals surface area contributed by atoms with Crippen LogP contribution >= 0.6 is 53.9 Å². The van der Waals surface area contributed by atoms with Crippen LogP contribution in [-0.2, 0) is 16.1 Å². The molecule has 0 aromatic carbocycles. The summed E-state index contributed by atoms with van der Waals surface area (Å²) >= 11 is 8.17. The average molecular weight is 422 g/mol. The predicted molar refractivity (Wildman–Crippen MR) is 72.8 cm³/mol. The molecule has 2 rings (SSSR count). The fourth-order valence-corrected chi connectivity index (χ4v) is 5.00. The van der Waals surface area contributed by atoms with Crippen molar-refractivity contribution >= 4 is 62.9 Å². The minimum atomic E-state index is -3.89. The summed E-state index contributed by atoms with van der Waals surface area (Å²) in [5, 5.41) is 7.13. The van der Waals surface area contributed by atoms with Gasteiger partial charge in [-0.3, -0.25) is 4.57 Å². The summed E-state index contributed by atoms with van der Waals surface area (Å²) in [5.74, 6) is 0.429. The standard InChI is InChI=1S/C7H4Br2ClN3O2S2/c1-13-6(3-2-4(8)16-5(3)9)11-12-7(13)17(10,14)15/h2H,1H3. The molecule has 92 valence electrons. The number of hydrogen-bond donors (Lipinski definition) is 0. The summed E-state index contributed by atoms with van der Waals surface area (Å²) in [6.45, 7) is 0. The van der Waals surface area contributed by atoms with Gasteiger partial charge in [0.25, 0.3) is 14.2 Å². The lowest BCUT2D eigenvalue weighted by Gasteiger charge is -1.99. The first-order chi connectivity index (χ1) is 7.80. The van der Waals surface area contributed by atoms with Gasteiger partial charge >= 0.3 is 0 Å². The summed E-state index contributed by atoms with van der Waals surface area (Å²) in [6.07, 6.45) is 0. The Hall–Kier alpha value is 0.0400. The molecule has 0 radical (unpaired) electrons. The molecule has 0 aliphatic heterocycles. The van der Waals surface area contributed by atoms with Crippen LogP contribution in [0.1, 0.15) is 0 Å². The molecule has 0 saturated carbocycles. The van der Waals surface area contributed by atoms with E-state index in [4.69, 9.17) is 10.7 Å². The third-order valence-corrected chi connectivity index (χ3v) is 5.50. The zero-order valence-corrected chi connectivity index (χ0v) is 13.7. The fourth-order valence-electron chi connectivity index (χ4n) is 1.25. The van der Waals surface area contributed by atoms with Gasteiger partial charge in [0.2, 0.25) is 0 Å². The van der Waals surface area contributed by atoms with Crippen molar-refractivity contribution in [3.63, 3.8) is 0 Å². The number of rotatable bonds is 2. The summed E-state index contributed by atoms with van der Waals surface area (Å²) in [5.41, 5.74) is 0.753. The van der Waals surface area contributed by atoms with Crippen LogP contribution in [0.5, 0.6) is 0 Å². The molecule has 0 fully saturated rings. The Balaban J connectivity index is 2.63. The highest BCUT2D eigenvalue weighted by molar-refractivity contribution is 9.12. The van der Waals surface area contributed by atoms with E-state index in [1.165, 1.54) is 15.9 Å². The van der Waals surface area contributed by atoms with Crippen LogP contribution in [-0.4, -0.2) is 23.2 Å². The second-order valence-electron chi connectivity index (χ2n) is 3.04. The molecule has 2 aromatic rings. The number of aromatic nitrogens is 3. The molecule has 2 heterocycles. The van der Waals surface area contributed by atoms with Crippen molar-refractivity contribution in [2.75, 3.05) is 0 Å². The summed E-state index contributed by atoms with van der Waals surface area (Å²) in [7, 11) is 2.90. The van der Waals surface area contributed by atoms with Crippen molar-refractivity contribution in [3.05, 3.63) is 13.6 Å². The maximum atomic E-state index is 11.2. The zero-order valence-electron chi connectivity index (χ0n) is 8.19. The molecule has 17 heavy (non-hydrogen) atoms. The highest BCUT2D eigenvalue weighted by atomic mass is 79.9. The molecule has 2 aromatic heterocycles. The minimum absolute atomic E-state index is 0.275. The monoisotopic (exact) mass is 419 g/mol. The van der Waals surface area contributed by atoms with Crippen LogP contribution in [0.3, 0.4) is 0 Å². The molecule has 0 aliphatic rings. The van der Waals surface area contributed by atoms with E-state index < -0.39 is 9.05 Å². The molecule has 0 saturated heterocycles. The summed E-state index contributed by atoms with van der Waals surface area (Å²) in [4.78, 5) is 0. The first-order valence-electron chi connectivity index (χ1n) is 4.10. The average Bonchev–Trinajstić information content (AvgIpc) is 2.68. The number of thiophene rings is 1. The highest BCUT2D eigenvalue weighted by Gasteiger charge is 2.22. The normalized spacial score (nSPS) is 12.0. The third-order valence-electron chi connectivity index (χ3n) is 1.95. The Morgan fingerprint density at radius 3 is 2.47 bits per heavy atom. The fraction of sp³-hybridized carbons (Fsp3) is 0.143. The highest BCUT2D eigenvalue weighted by Crippen LogP contribution is 2.38. The van der Waals surface area contributed by atoms with E-state index in [1.807, 2.05) is 6.07 Å². The number of hydrogen-bond acceptors (Lipinski definition) is 5. The zero-order chi connectivity index (χ0) is 12.8. The van der Waals surface area contributed by atoms with Crippen molar-refractivity contribution < 1.29 is 8.42 Å². The van der Waals surface area contributed by atoms with Crippen molar-refractivity contribution in [2.45, 2.75) is 5.16 Å². The molecular weight excluding hydrogens is 417 g/mol. The Morgan fingerprint density at radius 1 is 1.41 bits per heavy atom. The largest absolute Gasteiger partial charge is 0.300 e. The SMILES string of the molecule is Cn1c(-c2cc(Br)sc2Br)nnc1S(=O)(=O)Cl. The molecule has 0 N–H and O–H groups in total. The Morgan fingerprint density at radius 2 is 2.06 bits per heavy atom. The van der Waals surface area contributed by atoms with E-state index in [9.17, 15) is 8.42 Å². The van der Waals surface area contributed by atoms with Gasteiger partial charge in [-0.2, -0.15) is 0 Å².